The molecule has 0 saturated heterocycles. The highest BCUT2D eigenvalue weighted by Crippen LogP contribution is 2.19. The summed E-state index contributed by atoms with van der Waals surface area (Å²) in [5.41, 5.74) is 0.814. The lowest BCUT2D eigenvalue weighted by Gasteiger charge is -2.19. The Balaban J connectivity index is 2.65. The summed E-state index contributed by atoms with van der Waals surface area (Å²) in [4.78, 5) is 0. The molecule has 1 N–H and O–H groups in total. The van der Waals surface area contributed by atoms with Crippen molar-refractivity contribution in [2.75, 3.05) is 20.3 Å². The first-order chi connectivity index (χ1) is 8.31. The van der Waals surface area contributed by atoms with E-state index in [4.69, 9.17) is 19.8 Å². The number of nitrogens with zero attached hydrogens (tertiary/aromatic N) is 1. The minimum absolute atomic E-state index is 0.0148. The van der Waals surface area contributed by atoms with Crippen molar-refractivity contribution in [1.29, 1.82) is 5.26 Å². The van der Waals surface area contributed by atoms with Crippen LogP contribution in [0.25, 0.3) is 0 Å². The van der Waals surface area contributed by atoms with Gasteiger partial charge in [-0.3, -0.25) is 0 Å². The van der Waals surface area contributed by atoms with Crippen molar-refractivity contribution in [3.63, 3.8) is 0 Å². The van der Waals surface area contributed by atoms with Gasteiger partial charge in [0.25, 0.3) is 0 Å². The van der Waals surface area contributed by atoms with Crippen molar-refractivity contribution in [2.24, 2.45) is 0 Å². The SMILES string of the molecule is COCC(CCO)OC(C#N)c1ccccc1. The lowest BCUT2D eigenvalue weighted by Crippen LogP contribution is -2.22. The molecule has 4 nitrogen and oxygen atoms in total. The van der Waals surface area contributed by atoms with Crippen molar-refractivity contribution in [2.45, 2.75) is 18.6 Å². The van der Waals surface area contributed by atoms with Crippen LogP contribution < -0.4 is 0 Å². The predicted octanol–water partition coefficient (Wildman–Crippen LogP) is 1.67. The van der Waals surface area contributed by atoms with Gasteiger partial charge in [-0.1, -0.05) is 30.3 Å². The van der Waals surface area contributed by atoms with Crippen molar-refractivity contribution >= 4 is 0 Å². The molecule has 17 heavy (non-hydrogen) atoms. The van der Waals surface area contributed by atoms with E-state index in [9.17, 15) is 0 Å². The van der Waals surface area contributed by atoms with Crippen LogP contribution in [0.2, 0.25) is 0 Å². The molecule has 0 aliphatic heterocycles. The molecule has 2 atom stereocenters. The summed E-state index contributed by atoms with van der Waals surface area (Å²) >= 11 is 0. The Morgan fingerprint density at radius 1 is 1.35 bits per heavy atom. The zero-order chi connectivity index (χ0) is 12.5. The standard InChI is InChI=1S/C13H17NO3/c1-16-10-12(7-8-15)17-13(9-14)11-5-3-2-4-6-11/h2-6,12-13,15H,7-8,10H2,1H3. The monoisotopic (exact) mass is 235 g/mol. The molecule has 1 rings (SSSR count). The summed E-state index contributed by atoms with van der Waals surface area (Å²) in [5, 5.41) is 18.0. The molecular formula is C13H17NO3. The number of hydrogen-bond acceptors (Lipinski definition) is 4. The Morgan fingerprint density at radius 3 is 2.59 bits per heavy atom. The topological polar surface area (TPSA) is 62.5 Å². The van der Waals surface area contributed by atoms with Gasteiger partial charge < -0.3 is 14.6 Å². The fourth-order valence-electron chi connectivity index (χ4n) is 1.52. The van der Waals surface area contributed by atoms with Crippen molar-refractivity contribution in [1.82, 2.24) is 0 Å². The van der Waals surface area contributed by atoms with E-state index >= 15 is 0 Å². The van der Waals surface area contributed by atoms with E-state index in [2.05, 4.69) is 6.07 Å². The maximum atomic E-state index is 9.09. The van der Waals surface area contributed by atoms with Gasteiger partial charge in [-0.15, -0.1) is 0 Å². The maximum absolute atomic E-state index is 9.09. The number of ether oxygens (including phenoxy) is 2. The van der Waals surface area contributed by atoms with Crippen LogP contribution >= 0.6 is 0 Å². The fraction of sp³-hybridized carbons (Fsp3) is 0.462. The van der Waals surface area contributed by atoms with E-state index in [-0.39, 0.29) is 12.7 Å². The van der Waals surface area contributed by atoms with Gasteiger partial charge in [0.15, 0.2) is 6.10 Å². The van der Waals surface area contributed by atoms with Gasteiger partial charge in [0.1, 0.15) is 0 Å². The molecule has 0 aliphatic carbocycles. The van der Waals surface area contributed by atoms with Crippen LogP contribution in [0.4, 0.5) is 0 Å². The number of nitriles is 1. The highest BCUT2D eigenvalue weighted by molar-refractivity contribution is 5.22. The largest absolute Gasteiger partial charge is 0.396 e. The molecule has 0 radical (unpaired) electrons. The number of rotatable bonds is 7. The summed E-state index contributed by atoms with van der Waals surface area (Å²) < 4.78 is 10.6. The van der Waals surface area contributed by atoms with Gasteiger partial charge in [0.2, 0.25) is 0 Å². The number of hydrogen-bond donors (Lipinski definition) is 1. The third kappa shape index (κ3) is 4.53. The highest BCUT2D eigenvalue weighted by Gasteiger charge is 2.17. The second-order valence-corrected chi connectivity index (χ2v) is 3.65. The Hall–Kier alpha value is -1.41. The molecule has 0 heterocycles. The number of aliphatic hydroxyl groups excluding tert-OH is 1. The zero-order valence-corrected chi connectivity index (χ0v) is 9.87. The second kappa shape index (κ2) is 7.80. The van der Waals surface area contributed by atoms with E-state index in [0.717, 1.165) is 5.56 Å². The average molecular weight is 235 g/mol. The molecule has 2 unspecified atom stereocenters. The molecule has 0 spiro atoms. The van der Waals surface area contributed by atoms with Crippen LogP contribution in [-0.2, 0) is 9.47 Å². The normalized spacial score (nSPS) is 13.9. The van der Waals surface area contributed by atoms with Crippen LogP contribution in [-0.4, -0.2) is 31.5 Å². The van der Waals surface area contributed by atoms with Crippen LogP contribution in [0.15, 0.2) is 30.3 Å². The van der Waals surface area contributed by atoms with Crippen LogP contribution in [0.1, 0.15) is 18.1 Å². The lowest BCUT2D eigenvalue weighted by molar-refractivity contribution is -0.0385. The molecule has 0 aromatic heterocycles. The van der Waals surface area contributed by atoms with Crippen molar-refractivity contribution < 1.29 is 14.6 Å². The summed E-state index contributed by atoms with van der Waals surface area (Å²) in [6.45, 7) is 0.381. The summed E-state index contributed by atoms with van der Waals surface area (Å²) in [6.07, 6.45) is -0.434. The van der Waals surface area contributed by atoms with Crippen LogP contribution in [0.5, 0.6) is 0 Å². The Morgan fingerprint density at radius 2 is 2.06 bits per heavy atom. The first-order valence-electron chi connectivity index (χ1n) is 5.51. The van der Waals surface area contributed by atoms with E-state index in [0.29, 0.717) is 13.0 Å². The Bertz CT molecular complexity index is 341. The molecular weight excluding hydrogens is 218 g/mol. The average Bonchev–Trinajstić information content (AvgIpc) is 2.37. The second-order valence-electron chi connectivity index (χ2n) is 3.65. The van der Waals surface area contributed by atoms with Crippen LogP contribution in [0.3, 0.4) is 0 Å². The van der Waals surface area contributed by atoms with Gasteiger partial charge >= 0.3 is 0 Å². The van der Waals surface area contributed by atoms with E-state index in [1.54, 1.807) is 7.11 Å². The molecule has 1 aromatic rings. The van der Waals surface area contributed by atoms with Gasteiger partial charge in [-0.25, -0.2) is 0 Å². The maximum Gasteiger partial charge on any atom is 0.169 e. The molecule has 0 fully saturated rings. The first-order valence-corrected chi connectivity index (χ1v) is 5.51. The molecule has 0 saturated carbocycles. The number of aliphatic hydroxyl groups is 1. The van der Waals surface area contributed by atoms with E-state index in [1.807, 2.05) is 30.3 Å². The van der Waals surface area contributed by atoms with Gasteiger partial charge in [-0.2, -0.15) is 5.26 Å². The quantitative estimate of drug-likeness (QED) is 0.780. The number of methoxy groups -OCH3 is 1. The Kier molecular flexibility index (Phi) is 6.26. The van der Waals surface area contributed by atoms with Gasteiger partial charge in [0.05, 0.1) is 18.8 Å². The molecule has 4 heteroatoms. The third-order valence-electron chi connectivity index (χ3n) is 2.35. The van der Waals surface area contributed by atoms with Gasteiger partial charge in [0, 0.05) is 13.7 Å². The highest BCUT2D eigenvalue weighted by atomic mass is 16.5. The minimum Gasteiger partial charge on any atom is -0.396 e. The summed E-state index contributed by atoms with van der Waals surface area (Å²) in [5.74, 6) is 0. The van der Waals surface area contributed by atoms with Crippen molar-refractivity contribution in [3.8, 4) is 6.07 Å². The summed E-state index contributed by atoms with van der Waals surface area (Å²) in [6, 6.07) is 11.4. The third-order valence-corrected chi connectivity index (χ3v) is 2.35. The minimum atomic E-state index is -0.622. The summed E-state index contributed by atoms with van der Waals surface area (Å²) in [7, 11) is 1.57. The Labute approximate surface area is 101 Å². The zero-order valence-electron chi connectivity index (χ0n) is 9.87. The molecule has 0 aliphatic rings. The van der Waals surface area contributed by atoms with E-state index < -0.39 is 6.10 Å². The van der Waals surface area contributed by atoms with Gasteiger partial charge in [-0.05, 0) is 12.0 Å². The van der Waals surface area contributed by atoms with Crippen molar-refractivity contribution in [3.05, 3.63) is 35.9 Å². The van der Waals surface area contributed by atoms with E-state index in [1.165, 1.54) is 0 Å². The molecule has 0 amide bonds. The van der Waals surface area contributed by atoms with Crippen LogP contribution in [0, 0.1) is 11.3 Å². The molecule has 0 bridgehead atoms. The lowest BCUT2D eigenvalue weighted by atomic mass is 10.1. The smallest absolute Gasteiger partial charge is 0.169 e. The number of benzene rings is 1. The first kappa shape index (κ1) is 13.7. The predicted molar refractivity (Wildman–Crippen MR) is 63.2 cm³/mol. The fourth-order valence-corrected chi connectivity index (χ4v) is 1.52. The molecule has 92 valence electrons. The molecule has 1 aromatic carbocycles.